The fourth-order valence-electron chi connectivity index (χ4n) is 1.54. The maximum atomic E-state index is 11.0. The van der Waals surface area contributed by atoms with Crippen molar-refractivity contribution in [1.82, 2.24) is 5.32 Å². The van der Waals surface area contributed by atoms with Crippen LogP contribution in [0.3, 0.4) is 0 Å². The van der Waals surface area contributed by atoms with E-state index in [1.54, 1.807) is 0 Å². The molecule has 0 aromatic carbocycles. The monoisotopic (exact) mass is 221 g/mol. The van der Waals surface area contributed by atoms with Crippen LogP contribution in [0.4, 0.5) is 4.79 Å². The zero-order valence-corrected chi connectivity index (χ0v) is 9.35. The van der Waals surface area contributed by atoms with E-state index >= 15 is 0 Å². The van der Waals surface area contributed by atoms with Gasteiger partial charge in [-0.25, -0.2) is 4.79 Å². The van der Waals surface area contributed by atoms with Crippen LogP contribution >= 0.6 is 25.3 Å². The standard InChI is InChI=1S/C8H15NO2S2/c1-11-8(10)9-7-5(12)3-2-4-6(7)13/h5-7,12-13H,2-4H2,1H3,(H,9,10). The van der Waals surface area contributed by atoms with E-state index in [2.05, 4.69) is 35.3 Å². The lowest BCUT2D eigenvalue weighted by atomic mass is 9.94. The summed E-state index contributed by atoms with van der Waals surface area (Å²) in [5.41, 5.74) is 0. The molecule has 1 aliphatic carbocycles. The molecular formula is C8H15NO2S2. The summed E-state index contributed by atoms with van der Waals surface area (Å²) in [6.45, 7) is 0. The molecule has 0 aromatic heterocycles. The Morgan fingerprint density at radius 2 is 1.92 bits per heavy atom. The van der Waals surface area contributed by atoms with E-state index in [9.17, 15) is 4.79 Å². The Kier molecular flexibility index (Phi) is 4.25. The van der Waals surface area contributed by atoms with Gasteiger partial charge in [0, 0.05) is 10.5 Å². The van der Waals surface area contributed by atoms with Gasteiger partial charge >= 0.3 is 6.09 Å². The van der Waals surface area contributed by atoms with Crippen LogP contribution in [-0.4, -0.2) is 29.7 Å². The van der Waals surface area contributed by atoms with Crippen LogP contribution in [0.5, 0.6) is 0 Å². The third-order valence-corrected chi connectivity index (χ3v) is 3.46. The number of ether oxygens (including phenoxy) is 1. The lowest BCUT2D eigenvalue weighted by molar-refractivity contribution is 0.164. The second kappa shape index (κ2) is 5.00. The number of hydrogen-bond donors (Lipinski definition) is 3. The molecule has 0 bridgehead atoms. The largest absolute Gasteiger partial charge is 0.453 e. The van der Waals surface area contributed by atoms with Gasteiger partial charge < -0.3 is 10.1 Å². The molecule has 0 aromatic rings. The second-order valence-electron chi connectivity index (χ2n) is 3.23. The number of alkyl carbamates (subject to hydrolysis) is 1. The molecule has 0 saturated heterocycles. The molecule has 1 fully saturated rings. The first-order valence-electron chi connectivity index (χ1n) is 4.35. The summed E-state index contributed by atoms with van der Waals surface area (Å²) < 4.78 is 4.53. The zero-order chi connectivity index (χ0) is 9.84. The summed E-state index contributed by atoms with van der Waals surface area (Å²) in [4.78, 5) is 11.0. The number of thiol groups is 2. The molecule has 76 valence electrons. The van der Waals surface area contributed by atoms with Crippen LogP contribution < -0.4 is 5.32 Å². The Morgan fingerprint density at radius 1 is 1.38 bits per heavy atom. The maximum Gasteiger partial charge on any atom is 0.407 e. The van der Waals surface area contributed by atoms with Gasteiger partial charge in [0.25, 0.3) is 0 Å². The van der Waals surface area contributed by atoms with E-state index in [0.29, 0.717) is 0 Å². The first-order chi connectivity index (χ1) is 6.15. The average molecular weight is 221 g/mol. The molecule has 1 N–H and O–H groups in total. The Balaban J connectivity index is 2.48. The van der Waals surface area contributed by atoms with E-state index in [4.69, 9.17) is 0 Å². The van der Waals surface area contributed by atoms with Crippen LogP contribution in [0, 0.1) is 0 Å². The number of rotatable bonds is 1. The highest BCUT2D eigenvalue weighted by molar-refractivity contribution is 7.82. The molecule has 1 amide bonds. The SMILES string of the molecule is COC(=O)NC1C(S)CCCC1S. The first kappa shape index (κ1) is 11.0. The molecule has 3 nitrogen and oxygen atoms in total. The van der Waals surface area contributed by atoms with E-state index in [-0.39, 0.29) is 16.5 Å². The number of amides is 1. The molecule has 5 heteroatoms. The Morgan fingerprint density at radius 3 is 2.38 bits per heavy atom. The smallest absolute Gasteiger partial charge is 0.407 e. The minimum atomic E-state index is -0.398. The van der Waals surface area contributed by atoms with Gasteiger partial charge in [-0.15, -0.1) is 0 Å². The Labute approximate surface area is 89.4 Å². The summed E-state index contributed by atoms with van der Waals surface area (Å²) in [6, 6.07) is 0.0212. The van der Waals surface area contributed by atoms with Gasteiger partial charge in [-0.2, -0.15) is 25.3 Å². The quantitative estimate of drug-likeness (QED) is 0.587. The fourth-order valence-corrected chi connectivity index (χ4v) is 2.60. The van der Waals surface area contributed by atoms with Crippen molar-refractivity contribution in [2.75, 3.05) is 7.11 Å². The molecular weight excluding hydrogens is 206 g/mol. The van der Waals surface area contributed by atoms with Crippen molar-refractivity contribution in [1.29, 1.82) is 0 Å². The summed E-state index contributed by atoms with van der Waals surface area (Å²) in [6.07, 6.45) is 2.77. The Bertz CT molecular complexity index is 179. The first-order valence-corrected chi connectivity index (χ1v) is 5.39. The molecule has 1 saturated carbocycles. The minimum absolute atomic E-state index is 0.0212. The van der Waals surface area contributed by atoms with Crippen LogP contribution in [0.2, 0.25) is 0 Å². The van der Waals surface area contributed by atoms with E-state index in [1.165, 1.54) is 7.11 Å². The van der Waals surface area contributed by atoms with Crippen molar-refractivity contribution in [3.05, 3.63) is 0 Å². The van der Waals surface area contributed by atoms with E-state index < -0.39 is 6.09 Å². The van der Waals surface area contributed by atoms with Crippen LogP contribution in [0.25, 0.3) is 0 Å². The highest BCUT2D eigenvalue weighted by Crippen LogP contribution is 2.26. The van der Waals surface area contributed by atoms with Crippen LogP contribution in [-0.2, 0) is 4.74 Å². The van der Waals surface area contributed by atoms with Gasteiger partial charge in [0.2, 0.25) is 0 Å². The molecule has 2 atom stereocenters. The molecule has 13 heavy (non-hydrogen) atoms. The molecule has 1 rings (SSSR count). The number of hydrogen-bond acceptors (Lipinski definition) is 4. The number of methoxy groups -OCH3 is 1. The molecule has 0 heterocycles. The lowest BCUT2D eigenvalue weighted by Gasteiger charge is -2.33. The zero-order valence-electron chi connectivity index (χ0n) is 7.56. The third kappa shape index (κ3) is 2.98. The number of carbonyl (C=O) groups excluding carboxylic acids is 1. The minimum Gasteiger partial charge on any atom is -0.453 e. The normalized spacial score (nSPS) is 33.9. The average Bonchev–Trinajstić information content (AvgIpc) is 2.11. The van der Waals surface area contributed by atoms with Gasteiger partial charge in [0.1, 0.15) is 0 Å². The fraction of sp³-hybridized carbons (Fsp3) is 0.875. The topological polar surface area (TPSA) is 38.3 Å². The number of nitrogens with one attached hydrogen (secondary N) is 1. The predicted molar refractivity (Wildman–Crippen MR) is 58.7 cm³/mol. The summed E-state index contributed by atoms with van der Waals surface area (Å²) in [7, 11) is 1.36. The molecule has 1 aliphatic rings. The van der Waals surface area contributed by atoms with Crippen molar-refractivity contribution in [3.63, 3.8) is 0 Å². The van der Waals surface area contributed by atoms with Crippen LogP contribution in [0.15, 0.2) is 0 Å². The Hall–Kier alpha value is -0.0300. The summed E-state index contributed by atoms with van der Waals surface area (Å²) in [5, 5.41) is 3.13. The van der Waals surface area contributed by atoms with Crippen molar-refractivity contribution < 1.29 is 9.53 Å². The second-order valence-corrected chi connectivity index (χ2v) is 4.55. The van der Waals surface area contributed by atoms with Gasteiger partial charge in [0.05, 0.1) is 13.2 Å². The summed E-state index contributed by atoms with van der Waals surface area (Å²) in [5.74, 6) is 0. The maximum absolute atomic E-state index is 11.0. The van der Waals surface area contributed by atoms with Crippen LogP contribution in [0.1, 0.15) is 19.3 Å². The number of carbonyl (C=O) groups is 1. The summed E-state index contributed by atoms with van der Waals surface area (Å²) >= 11 is 8.82. The van der Waals surface area contributed by atoms with Crippen molar-refractivity contribution in [2.24, 2.45) is 0 Å². The van der Waals surface area contributed by atoms with E-state index in [1.807, 2.05) is 0 Å². The highest BCUT2D eigenvalue weighted by Gasteiger charge is 2.30. The third-order valence-electron chi connectivity index (χ3n) is 2.30. The highest BCUT2D eigenvalue weighted by atomic mass is 32.1. The molecule has 0 aliphatic heterocycles. The molecule has 0 radical (unpaired) electrons. The van der Waals surface area contributed by atoms with Crippen molar-refractivity contribution in [2.45, 2.75) is 35.8 Å². The van der Waals surface area contributed by atoms with Gasteiger partial charge in [-0.1, -0.05) is 6.42 Å². The van der Waals surface area contributed by atoms with Crippen molar-refractivity contribution in [3.8, 4) is 0 Å². The van der Waals surface area contributed by atoms with E-state index in [0.717, 1.165) is 19.3 Å². The molecule has 2 unspecified atom stereocenters. The lowest BCUT2D eigenvalue weighted by Crippen LogP contribution is -2.49. The van der Waals surface area contributed by atoms with Gasteiger partial charge in [0.15, 0.2) is 0 Å². The van der Waals surface area contributed by atoms with Crippen molar-refractivity contribution >= 4 is 31.4 Å². The van der Waals surface area contributed by atoms with Gasteiger partial charge in [-0.05, 0) is 12.8 Å². The molecule has 0 spiro atoms. The van der Waals surface area contributed by atoms with Gasteiger partial charge in [-0.3, -0.25) is 0 Å². The predicted octanol–water partition coefficient (Wildman–Crippen LogP) is 1.49.